The van der Waals surface area contributed by atoms with Crippen LogP contribution in [0.25, 0.3) is 10.1 Å². The third-order valence-electron chi connectivity index (χ3n) is 6.12. The number of fused-ring (bicyclic) bond motifs is 1. The lowest BCUT2D eigenvalue weighted by atomic mass is 9.91. The molecular weight excluding hydrogens is 446 g/mol. The van der Waals surface area contributed by atoms with Crippen LogP contribution in [0.1, 0.15) is 23.3 Å². The van der Waals surface area contributed by atoms with Crippen LogP contribution in [0, 0.1) is 5.92 Å². The normalized spacial score (nSPS) is 21.6. The second-order valence-corrected chi connectivity index (χ2v) is 9.48. The minimum atomic E-state index is 0. The third kappa shape index (κ3) is 5.14. The summed E-state index contributed by atoms with van der Waals surface area (Å²) in [7, 11) is 5.82. The number of benzene rings is 2. The molecule has 1 aliphatic heterocycles. The first-order valence-electron chi connectivity index (χ1n) is 10.1. The average molecular weight is 476 g/mol. The molecule has 3 nitrogen and oxygen atoms in total. The first-order chi connectivity index (χ1) is 13.6. The topological polar surface area (TPSA) is 18.5 Å². The predicted molar refractivity (Wildman–Crippen MR) is 117 cm³/mol. The van der Waals surface area contributed by atoms with Crippen molar-refractivity contribution in [1.29, 1.82) is 0 Å². The van der Waals surface area contributed by atoms with E-state index in [1.165, 1.54) is 57.4 Å². The van der Waals surface area contributed by atoms with Crippen LogP contribution in [-0.2, 0) is 13.0 Å². The Morgan fingerprint density at radius 3 is 2.28 bits per heavy atom. The Morgan fingerprint density at radius 2 is 1.62 bits per heavy atom. The Hall–Kier alpha value is -1.56. The summed E-state index contributed by atoms with van der Waals surface area (Å²) in [5.41, 5.74) is 1.45. The van der Waals surface area contributed by atoms with Gasteiger partial charge in [0.1, 0.15) is 6.54 Å². The molecule has 1 saturated heterocycles. The van der Waals surface area contributed by atoms with E-state index < -0.39 is 0 Å². The molecule has 1 aromatic heterocycles. The van der Waals surface area contributed by atoms with Crippen LogP contribution in [0.4, 0.5) is 0 Å². The van der Waals surface area contributed by atoms with E-state index in [0.717, 1.165) is 24.0 Å². The van der Waals surface area contributed by atoms with Gasteiger partial charge in [0, 0.05) is 21.2 Å². The zero-order valence-corrected chi connectivity index (χ0v) is 19.9. The van der Waals surface area contributed by atoms with Crippen LogP contribution >= 0.6 is 11.3 Å². The van der Waals surface area contributed by atoms with Crippen LogP contribution in [-0.4, -0.2) is 38.8 Å². The number of methoxy groups -OCH3 is 2. The monoisotopic (exact) mass is 475 g/mol. The van der Waals surface area contributed by atoms with Gasteiger partial charge >= 0.3 is 0 Å². The van der Waals surface area contributed by atoms with Crippen molar-refractivity contribution in [2.45, 2.75) is 25.8 Å². The molecule has 0 N–H and O–H groups in total. The minimum Gasteiger partial charge on any atom is -1.00 e. The highest BCUT2D eigenvalue weighted by Crippen LogP contribution is 2.38. The molecule has 156 valence electrons. The van der Waals surface area contributed by atoms with E-state index in [1.807, 2.05) is 11.3 Å². The maximum atomic E-state index is 5.45. The van der Waals surface area contributed by atoms with Crippen molar-refractivity contribution in [3.05, 3.63) is 59.0 Å². The average Bonchev–Trinajstić information content (AvgIpc) is 3.10. The van der Waals surface area contributed by atoms with Crippen molar-refractivity contribution in [2.75, 3.05) is 34.4 Å². The summed E-state index contributed by atoms with van der Waals surface area (Å²) in [4.78, 5) is 1.48. The zero-order chi connectivity index (χ0) is 19.6. The maximum absolute atomic E-state index is 5.45. The molecule has 2 heterocycles. The summed E-state index contributed by atoms with van der Waals surface area (Å²) < 4.78 is 13.4. The molecule has 0 spiro atoms. The van der Waals surface area contributed by atoms with E-state index in [0.29, 0.717) is 0 Å². The van der Waals surface area contributed by atoms with Crippen LogP contribution < -0.4 is 26.5 Å². The summed E-state index contributed by atoms with van der Waals surface area (Å²) in [5.74, 6) is 2.42. The zero-order valence-electron chi connectivity index (χ0n) is 17.5. The molecule has 0 amide bonds. The van der Waals surface area contributed by atoms with Gasteiger partial charge in [-0.2, -0.15) is 0 Å². The third-order valence-corrected chi connectivity index (χ3v) is 7.25. The predicted octanol–water partition coefficient (Wildman–Crippen LogP) is 2.52. The molecular formula is C24H30BrNO2S. The van der Waals surface area contributed by atoms with Gasteiger partial charge in [0.15, 0.2) is 11.5 Å². The van der Waals surface area contributed by atoms with Crippen LogP contribution in [0.5, 0.6) is 11.5 Å². The van der Waals surface area contributed by atoms with Crippen molar-refractivity contribution in [3.63, 3.8) is 0 Å². The molecule has 0 unspecified atom stereocenters. The van der Waals surface area contributed by atoms with Crippen molar-refractivity contribution in [3.8, 4) is 11.5 Å². The van der Waals surface area contributed by atoms with E-state index in [2.05, 4.69) is 55.6 Å². The van der Waals surface area contributed by atoms with Crippen molar-refractivity contribution < 1.29 is 30.9 Å². The van der Waals surface area contributed by atoms with Gasteiger partial charge in [-0.3, -0.25) is 0 Å². The standard InChI is InChI=1S/C24H30NO2S.BrH/c1-25(17-19-7-5-4-6-8-19)11-9-18(10-12-25)13-21-14-20-15-22(26-2)23(27-3)16-24(20)28-21;/h4-8,14-16,18H,9-13,17H2,1-3H3;1H/q+1;/p-1. The maximum Gasteiger partial charge on any atom is 0.162 e. The number of piperidine rings is 1. The molecule has 0 bridgehead atoms. The highest BCUT2D eigenvalue weighted by molar-refractivity contribution is 7.19. The molecule has 29 heavy (non-hydrogen) atoms. The van der Waals surface area contributed by atoms with Gasteiger partial charge < -0.3 is 30.9 Å². The Kier molecular flexibility index (Phi) is 7.25. The number of nitrogens with zero attached hydrogens (tertiary/aromatic N) is 1. The van der Waals surface area contributed by atoms with Crippen molar-refractivity contribution >= 4 is 21.4 Å². The molecule has 0 radical (unpaired) electrons. The van der Waals surface area contributed by atoms with Gasteiger partial charge in [0.2, 0.25) is 0 Å². The van der Waals surface area contributed by atoms with Crippen molar-refractivity contribution in [2.24, 2.45) is 5.92 Å². The summed E-state index contributed by atoms with van der Waals surface area (Å²) in [6.07, 6.45) is 3.81. The molecule has 5 heteroatoms. The van der Waals surface area contributed by atoms with Crippen molar-refractivity contribution in [1.82, 2.24) is 0 Å². The lowest BCUT2D eigenvalue weighted by Gasteiger charge is -2.40. The lowest BCUT2D eigenvalue weighted by molar-refractivity contribution is -0.928. The van der Waals surface area contributed by atoms with E-state index in [1.54, 1.807) is 14.2 Å². The second kappa shape index (κ2) is 9.50. The van der Waals surface area contributed by atoms with Crippen LogP contribution in [0.3, 0.4) is 0 Å². The molecule has 4 rings (SSSR count). The first kappa shape index (κ1) is 22.1. The summed E-state index contributed by atoms with van der Waals surface area (Å²) >= 11 is 1.90. The number of thiophene rings is 1. The van der Waals surface area contributed by atoms with Crippen LogP contribution in [0.15, 0.2) is 48.5 Å². The van der Waals surface area contributed by atoms with Gasteiger partial charge in [0.05, 0.1) is 34.4 Å². The number of hydrogen-bond acceptors (Lipinski definition) is 3. The number of ether oxygens (including phenoxy) is 2. The molecule has 0 atom stereocenters. The number of halogens is 1. The first-order valence-corrected chi connectivity index (χ1v) is 10.9. The summed E-state index contributed by atoms with van der Waals surface area (Å²) in [6.45, 7) is 3.69. The fourth-order valence-electron chi connectivity index (χ4n) is 4.44. The fraction of sp³-hybridized carbons (Fsp3) is 0.417. The Bertz CT molecular complexity index is 892. The molecule has 1 aliphatic rings. The number of likely N-dealkylation sites (tertiary alicyclic amines) is 1. The lowest BCUT2D eigenvalue weighted by Crippen LogP contribution is -3.00. The highest BCUT2D eigenvalue weighted by atomic mass is 79.9. The minimum absolute atomic E-state index is 0. The van der Waals surface area contributed by atoms with Gasteiger partial charge in [0.25, 0.3) is 0 Å². The van der Waals surface area contributed by atoms with E-state index >= 15 is 0 Å². The quantitative estimate of drug-likeness (QED) is 0.510. The largest absolute Gasteiger partial charge is 1.00 e. The smallest absolute Gasteiger partial charge is 0.162 e. The molecule has 1 fully saturated rings. The Balaban J connectivity index is 0.00000240. The van der Waals surface area contributed by atoms with Gasteiger partial charge in [-0.15, -0.1) is 11.3 Å². The summed E-state index contributed by atoms with van der Waals surface area (Å²) in [6, 6.07) is 17.5. The molecule has 2 aromatic carbocycles. The van der Waals surface area contributed by atoms with Gasteiger partial charge in [-0.25, -0.2) is 0 Å². The molecule has 0 saturated carbocycles. The molecule has 0 aliphatic carbocycles. The Labute approximate surface area is 188 Å². The SMILES string of the molecule is COc1cc2cc(CC3CC[N+](C)(Cc4ccccc4)CC3)sc2cc1OC.[Br-]. The van der Waals surface area contributed by atoms with E-state index in [9.17, 15) is 0 Å². The van der Waals surface area contributed by atoms with Gasteiger partial charge in [-0.05, 0) is 42.7 Å². The second-order valence-electron chi connectivity index (χ2n) is 8.32. The number of hydrogen-bond donors (Lipinski definition) is 0. The van der Waals surface area contributed by atoms with Crippen LogP contribution in [0.2, 0.25) is 0 Å². The van der Waals surface area contributed by atoms with E-state index in [4.69, 9.17) is 9.47 Å². The van der Waals surface area contributed by atoms with Gasteiger partial charge in [-0.1, -0.05) is 30.3 Å². The highest BCUT2D eigenvalue weighted by Gasteiger charge is 2.30. The number of rotatable bonds is 6. The van der Waals surface area contributed by atoms with E-state index in [-0.39, 0.29) is 17.0 Å². The molecule has 3 aromatic rings. The number of quaternary nitrogens is 1. The summed E-state index contributed by atoms with van der Waals surface area (Å²) in [5, 5.41) is 1.26. The fourth-order valence-corrected chi connectivity index (χ4v) is 5.63. The Morgan fingerprint density at radius 1 is 0.966 bits per heavy atom.